The number of hydrogen-bond acceptors (Lipinski definition) is 3. The number of carbonyl (C=O) groups is 1. The van der Waals surface area contributed by atoms with Crippen LogP contribution in [-0.4, -0.2) is 19.0 Å². The SMILES string of the molecule is Cc1cc(C(=O)C2CCCOC2)co1. The molecule has 0 amide bonds. The first kappa shape index (κ1) is 9.46. The minimum absolute atomic E-state index is 0.0285. The smallest absolute Gasteiger partial charge is 0.171 e. The summed E-state index contributed by atoms with van der Waals surface area (Å²) in [7, 11) is 0. The summed E-state index contributed by atoms with van der Waals surface area (Å²) >= 11 is 0. The van der Waals surface area contributed by atoms with Crippen LogP contribution in [0.25, 0.3) is 0 Å². The summed E-state index contributed by atoms with van der Waals surface area (Å²) in [6.07, 6.45) is 3.45. The van der Waals surface area contributed by atoms with Crippen molar-refractivity contribution in [1.29, 1.82) is 0 Å². The second-order valence-electron chi connectivity index (χ2n) is 3.72. The first-order valence-corrected chi connectivity index (χ1v) is 4.94. The van der Waals surface area contributed by atoms with Gasteiger partial charge in [-0.1, -0.05) is 0 Å². The number of furan rings is 1. The zero-order valence-corrected chi connectivity index (χ0v) is 8.29. The van der Waals surface area contributed by atoms with Crippen molar-refractivity contribution in [3.8, 4) is 0 Å². The minimum atomic E-state index is 0.0285. The lowest BCUT2D eigenvalue weighted by Crippen LogP contribution is -2.24. The maximum atomic E-state index is 11.9. The van der Waals surface area contributed by atoms with Gasteiger partial charge in [0.2, 0.25) is 0 Å². The van der Waals surface area contributed by atoms with Crippen LogP contribution in [0.2, 0.25) is 0 Å². The van der Waals surface area contributed by atoms with Crippen LogP contribution in [0.1, 0.15) is 29.0 Å². The van der Waals surface area contributed by atoms with E-state index in [1.807, 2.05) is 6.92 Å². The fourth-order valence-electron chi connectivity index (χ4n) is 1.76. The largest absolute Gasteiger partial charge is 0.469 e. The average Bonchev–Trinajstić information content (AvgIpc) is 2.65. The molecule has 0 spiro atoms. The lowest BCUT2D eigenvalue weighted by atomic mass is 9.94. The molecule has 2 heterocycles. The third kappa shape index (κ3) is 1.87. The Kier molecular flexibility index (Phi) is 2.68. The van der Waals surface area contributed by atoms with Gasteiger partial charge >= 0.3 is 0 Å². The van der Waals surface area contributed by atoms with E-state index in [9.17, 15) is 4.79 Å². The predicted octanol–water partition coefficient (Wildman–Crippen LogP) is 2.20. The highest BCUT2D eigenvalue weighted by Gasteiger charge is 2.23. The van der Waals surface area contributed by atoms with Gasteiger partial charge in [0.25, 0.3) is 0 Å². The third-order valence-corrected chi connectivity index (χ3v) is 2.55. The van der Waals surface area contributed by atoms with Gasteiger partial charge in [0.1, 0.15) is 12.0 Å². The number of carbonyl (C=O) groups excluding carboxylic acids is 1. The fraction of sp³-hybridized carbons (Fsp3) is 0.545. The van der Waals surface area contributed by atoms with Crippen LogP contribution in [-0.2, 0) is 4.74 Å². The zero-order chi connectivity index (χ0) is 9.97. The molecule has 14 heavy (non-hydrogen) atoms. The molecule has 1 aliphatic rings. The van der Waals surface area contributed by atoms with Crippen molar-refractivity contribution in [2.75, 3.05) is 13.2 Å². The highest BCUT2D eigenvalue weighted by Crippen LogP contribution is 2.20. The van der Waals surface area contributed by atoms with Gasteiger partial charge in [0.05, 0.1) is 12.2 Å². The fourth-order valence-corrected chi connectivity index (χ4v) is 1.76. The van der Waals surface area contributed by atoms with Crippen LogP contribution in [0.4, 0.5) is 0 Å². The van der Waals surface area contributed by atoms with Gasteiger partial charge in [0, 0.05) is 12.5 Å². The lowest BCUT2D eigenvalue weighted by molar-refractivity contribution is 0.0461. The zero-order valence-electron chi connectivity index (χ0n) is 8.29. The Balaban J connectivity index is 2.07. The lowest BCUT2D eigenvalue weighted by Gasteiger charge is -2.19. The summed E-state index contributed by atoms with van der Waals surface area (Å²) in [6, 6.07) is 1.79. The molecule has 0 aromatic carbocycles. The Hall–Kier alpha value is -1.09. The Morgan fingerprint density at radius 1 is 1.57 bits per heavy atom. The summed E-state index contributed by atoms with van der Waals surface area (Å²) in [6.45, 7) is 3.19. The number of Topliss-reactive ketones (excluding diaryl/α,β-unsaturated/α-hetero) is 1. The summed E-state index contributed by atoms with van der Waals surface area (Å²) < 4.78 is 10.4. The number of ether oxygens (including phenoxy) is 1. The first-order valence-electron chi connectivity index (χ1n) is 4.94. The van der Waals surface area contributed by atoms with Gasteiger partial charge in [-0.2, -0.15) is 0 Å². The molecular formula is C11H14O3. The summed E-state index contributed by atoms with van der Waals surface area (Å²) in [5, 5.41) is 0. The highest BCUT2D eigenvalue weighted by molar-refractivity contribution is 5.97. The van der Waals surface area contributed by atoms with Crippen molar-refractivity contribution in [2.24, 2.45) is 5.92 Å². The average molecular weight is 194 g/mol. The quantitative estimate of drug-likeness (QED) is 0.677. The van der Waals surface area contributed by atoms with E-state index in [-0.39, 0.29) is 11.7 Å². The maximum Gasteiger partial charge on any atom is 0.171 e. The summed E-state index contributed by atoms with van der Waals surface area (Å²) in [5.41, 5.74) is 0.679. The van der Waals surface area contributed by atoms with Crippen molar-refractivity contribution in [3.05, 3.63) is 23.7 Å². The van der Waals surface area contributed by atoms with Gasteiger partial charge in [-0.25, -0.2) is 0 Å². The van der Waals surface area contributed by atoms with Crippen LogP contribution in [0, 0.1) is 12.8 Å². The van der Waals surface area contributed by atoms with Gasteiger partial charge < -0.3 is 9.15 Å². The second-order valence-corrected chi connectivity index (χ2v) is 3.72. The van der Waals surface area contributed by atoms with Crippen molar-refractivity contribution >= 4 is 5.78 Å². The van der Waals surface area contributed by atoms with Crippen molar-refractivity contribution in [1.82, 2.24) is 0 Å². The monoisotopic (exact) mass is 194 g/mol. The van der Waals surface area contributed by atoms with E-state index in [4.69, 9.17) is 9.15 Å². The van der Waals surface area contributed by atoms with E-state index < -0.39 is 0 Å². The van der Waals surface area contributed by atoms with Crippen LogP contribution in [0.3, 0.4) is 0 Å². The van der Waals surface area contributed by atoms with Crippen LogP contribution < -0.4 is 0 Å². The number of aryl methyl sites for hydroxylation is 1. The van der Waals surface area contributed by atoms with E-state index in [2.05, 4.69) is 0 Å². The van der Waals surface area contributed by atoms with E-state index in [0.29, 0.717) is 12.2 Å². The molecule has 0 aliphatic carbocycles. The molecule has 0 bridgehead atoms. The standard InChI is InChI=1S/C11H14O3/c1-8-5-10(7-14-8)11(12)9-3-2-4-13-6-9/h5,7,9H,2-4,6H2,1H3. The number of ketones is 1. The third-order valence-electron chi connectivity index (χ3n) is 2.55. The molecule has 3 nitrogen and oxygen atoms in total. The highest BCUT2D eigenvalue weighted by atomic mass is 16.5. The van der Waals surface area contributed by atoms with Crippen molar-refractivity contribution in [2.45, 2.75) is 19.8 Å². The maximum absolute atomic E-state index is 11.9. The Labute approximate surface area is 83.0 Å². The molecule has 1 unspecified atom stereocenters. The molecule has 76 valence electrons. The Morgan fingerprint density at radius 3 is 3.00 bits per heavy atom. The van der Waals surface area contributed by atoms with Crippen molar-refractivity contribution < 1.29 is 13.9 Å². The molecule has 1 aromatic heterocycles. The van der Waals surface area contributed by atoms with Gasteiger partial charge in [-0.15, -0.1) is 0 Å². The Morgan fingerprint density at radius 2 is 2.43 bits per heavy atom. The normalized spacial score (nSPS) is 22.2. The van der Waals surface area contributed by atoms with Gasteiger partial charge in [-0.05, 0) is 25.8 Å². The minimum Gasteiger partial charge on any atom is -0.469 e. The molecule has 0 N–H and O–H groups in total. The van der Waals surface area contributed by atoms with Crippen LogP contribution in [0.15, 0.2) is 16.7 Å². The summed E-state index contributed by atoms with van der Waals surface area (Å²) in [4.78, 5) is 11.9. The van der Waals surface area contributed by atoms with Crippen LogP contribution >= 0.6 is 0 Å². The van der Waals surface area contributed by atoms with Crippen molar-refractivity contribution in [3.63, 3.8) is 0 Å². The number of rotatable bonds is 2. The molecule has 1 fully saturated rings. The van der Waals surface area contributed by atoms with E-state index in [1.54, 1.807) is 6.07 Å². The molecule has 3 heteroatoms. The molecule has 0 radical (unpaired) electrons. The van der Waals surface area contributed by atoms with Gasteiger partial charge in [0.15, 0.2) is 5.78 Å². The second kappa shape index (κ2) is 3.96. The van der Waals surface area contributed by atoms with E-state index >= 15 is 0 Å². The Bertz CT molecular complexity index is 321. The van der Waals surface area contributed by atoms with Gasteiger partial charge in [-0.3, -0.25) is 4.79 Å². The molecule has 1 atom stereocenters. The van der Waals surface area contributed by atoms with E-state index in [1.165, 1.54) is 6.26 Å². The summed E-state index contributed by atoms with van der Waals surface area (Å²) in [5.74, 6) is 0.965. The predicted molar refractivity (Wildman–Crippen MR) is 51.3 cm³/mol. The molecule has 1 aromatic rings. The topological polar surface area (TPSA) is 39.4 Å². The van der Waals surface area contributed by atoms with E-state index in [0.717, 1.165) is 25.2 Å². The van der Waals surface area contributed by atoms with Crippen LogP contribution in [0.5, 0.6) is 0 Å². The first-order chi connectivity index (χ1) is 6.77. The molecule has 0 saturated carbocycles. The number of hydrogen-bond donors (Lipinski definition) is 0. The molecule has 1 saturated heterocycles. The molecular weight excluding hydrogens is 180 g/mol. The molecule has 2 rings (SSSR count). The molecule has 1 aliphatic heterocycles.